The molecule has 1 aliphatic carbocycles. The zero-order chi connectivity index (χ0) is 20.8. The number of nitrogens with zero attached hydrogens (tertiary/aromatic N) is 3. The van der Waals surface area contributed by atoms with E-state index in [0.717, 1.165) is 16.8 Å². The molecule has 7 nitrogen and oxygen atoms in total. The maximum absolute atomic E-state index is 13.4. The molecule has 1 aromatic heterocycles. The standard InChI is InChI=1S/C22H20N4O3S/c1-30-22-24-21-23-16-10-13(15-4-2-3-5-17(15)28)11-18(29)19(16)20(26(21)25-22)12-6-8-14(27)9-7-12/h2-9,13,20,27-28H,10-11H2,1H3,(H,23,24,25)/t13-,20-/m0/s1. The number of phenolic OH excluding ortho intramolecular Hbond substituents is 2. The Hall–Kier alpha value is -3.26. The third-order valence-electron chi connectivity index (χ3n) is 5.67. The maximum atomic E-state index is 13.4. The molecule has 3 aromatic rings. The van der Waals surface area contributed by atoms with E-state index in [0.29, 0.717) is 29.5 Å². The van der Waals surface area contributed by atoms with Crippen molar-refractivity contribution in [3.63, 3.8) is 0 Å². The normalized spacial score (nSPS) is 20.5. The van der Waals surface area contributed by atoms with E-state index in [9.17, 15) is 15.0 Å². The van der Waals surface area contributed by atoms with Crippen LogP contribution in [-0.4, -0.2) is 37.0 Å². The van der Waals surface area contributed by atoms with Crippen LogP contribution in [0.2, 0.25) is 0 Å². The Labute approximate surface area is 177 Å². The molecule has 2 aliphatic rings. The van der Waals surface area contributed by atoms with E-state index in [1.54, 1.807) is 28.9 Å². The number of allylic oxidation sites excluding steroid dienone is 2. The number of aromatic hydroxyl groups is 2. The Balaban J connectivity index is 1.62. The van der Waals surface area contributed by atoms with Crippen LogP contribution in [-0.2, 0) is 4.79 Å². The minimum absolute atomic E-state index is 0.0157. The minimum Gasteiger partial charge on any atom is -0.508 e. The summed E-state index contributed by atoms with van der Waals surface area (Å²) in [6.07, 6.45) is 2.81. The molecule has 1 aliphatic heterocycles. The summed E-state index contributed by atoms with van der Waals surface area (Å²) >= 11 is 1.44. The minimum atomic E-state index is -0.414. The van der Waals surface area contributed by atoms with Gasteiger partial charge in [-0.1, -0.05) is 42.1 Å². The summed E-state index contributed by atoms with van der Waals surface area (Å²) in [4.78, 5) is 17.9. The molecule has 2 heterocycles. The second-order valence-corrected chi connectivity index (χ2v) is 8.24. The van der Waals surface area contributed by atoms with Crippen LogP contribution in [0.1, 0.15) is 35.9 Å². The predicted octanol–water partition coefficient (Wildman–Crippen LogP) is 3.83. The highest BCUT2D eigenvalue weighted by Gasteiger charge is 2.40. The van der Waals surface area contributed by atoms with E-state index >= 15 is 0 Å². The van der Waals surface area contributed by atoms with E-state index in [1.807, 2.05) is 30.5 Å². The van der Waals surface area contributed by atoms with Gasteiger partial charge in [0.15, 0.2) is 5.78 Å². The van der Waals surface area contributed by atoms with Gasteiger partial charge in [0, 0.05) is 23.6 Å². The van der Waals surface area contributed by atoms with Crippen LogP contribution in [0.25, 0.3) is 0 Å². The number of ketones is 1. The number of anilines is 1. The number of carbonyl (C=O) groups is 1. The fraction of sp³-hybridized carbons (Fsp3) is 0.227. The number of carbonyl (C=O) groups excluding carboxylic acids is 1. The second kappa shape index (κ2) is 7.21. The number of aromatic nitrogens is 3. The lowest BCUT2D eigenvalue weighted by atomic mass is 9.77. The van der Waals surface area contributed by atoms with Gasteiger partial charge in [-0.2, -0.15) is 4.98 Å². The molecule has 2 aromatic carbocycles. The average Bonchev–Trinajstić information content (AvgIpc) is 3.16. The van der Waals surface area contributed by atoms with E-state index in [-0.39, 0.29) is 23.2 Å². The van der Waals surface area contributed by atoms with Crippen molar-refractivity contribution in [3.8, 4) is 11.5 Å². The lowest BCUT2D eigenvalue weighted by molar-refractivity contribution is -0.116. The molecular formula is C22H20N4O3S. The van der Waals surface area contributed by atoms with Crippen molar-refractivity contribution in [3.05, 3.63) is 70.9 Å². The molecule has 152 valence electrons. The van der Waals surface area contributed by atoms with Gasteiger partial charge in [0.2, 0.25) is 11.1 Å². The molecule has 0 radical (unpaired) electrons. The number of benzene rings is 2. The number of rotatable bonds is 3. The molecule has 0 amide bonds. The van der Waals surface area contributed by atoms with Crippen molar-refractivity contribution in [2.24, 2.45) is 0 Å². The first-order valence-corrected chi connectivity index (χ1v) is 10.9. The smallest absolute Gasteiger partial charge is 0.227 e. The summed E-state index contributed by atoms with van der Waals surface area (Å²) in [5.41, 5.74) is 3.11. The van der Waals surface area contributed by atoms with E-state index in [4.69, 9.17) is 0 Å². The highest BCUT2D eigenvalue weighted by atomic mass is 32.2. The quantitative estimate of drug-likeness (QED) is 0.554. The fourth-order valence-electron chi connectivity index (χ4n) is 4.30. The number of phenols is 2. The molecule has 3 N–H and O–H groups in total. The molecule has 0 saturated carbocycles. The monoisotopic (exact) mass is 420 g/mol. The van der Waals surface area contributed by atoms with Gasteiger partial charge < -0.3 is 15.5 Å². The average molecular weight is 420 g/mol. The Morgan fingerprint density at radius 2 is 1.87 bits per heavy atom. The number of para-hydroxylation sites is 1. The Morgan fingerprint density at radius 1 is 1.10 bits per heavy atom. The van der Waals surface area contributed by atoms with Crippen molar-refractivity contribution < 1.29 is 15.0 Å². The summed E-state index contributed by atoms with van der Waals surface area (Å²) in [6.45, 7) is 0. The number of nitrogens with one attached hydrogen (secondary N) is 1. The molecule has 0 fully saturated rings. The number of hydrogen-bond donors (Lipinski definition) is 3. The number of fused-ring (bicyclic) bond motifs is 1. The highest BCUT2D eigenvalue weighted by molar-refractivity contribution is 7.98. The first-order valence-electron chi connectivity index (χ1n) is 9.65. The molecule has 0 saturated heterocycles. The van der Waals surface area contributed by atoms with Crippen LogP contribution in [0.5, 0.6) is 11.5 Å². The summed E-state index contributed by atoms with van der Waals surface area (Å²) in [6, 6.07) is 13.6. The van der Waals surface area contributed by atoms with Crippen molar-refractivity contribution in [1.29, 1.82) is 0 Å². The number of Topliss-reactive ketones (excluding diaryl/α,β-unsaturated/α-hetero) is 1. The largest absolute Gasteiger partial charge is 0.508 e. The van der Waals surface area contributed by atoms with Crippen LogP contribution < -0.4 is 5.32 Å². The van der Waals surface area contributed by atoms with E-state index in [2.05, 4.69) is 15.4 Å². The van der Waals surface area contributed by atoms with Crippen molar-refractivity contribution >= 4 is 23.5 Å². The summed E-state index contributed by atoms with van der Waals surface area (Å²) in [7, 11) is 0. The Bertz CT molecular complexity index is 1170. The van der Waals surface area contributed by atoms with Gasteiger partial charge in [-0.25, -0.2) is 4.68 Å². The van der Waals surface area contributed by atoms with Crippen molar-refractivity contribution in [1.82, 2.24) is 14.8 Å². The molecule has 30 heavy (non-hydrogen) atoms. The topological polar surface area (TPSA) is 100 Å². The maximum Gasteiger partial charge on any atom is 0.227 e. The summed E-state index contributed by atoms with van der Waals surface area (Å²) < 4.78 is 1.75. The SMILES string of the molecule is CSc1nc2n(n1)[C@@H](c1ccc(O)cc1)C1=C(C[C@H](c3ccccc3O)CC1=O)N2. The lowest BCUT2D eigenvalue weighted by Gasteiger charge is -2.35. The van der Waals surface area contributed by atoms with E-state index in [1.165, 1.54) is 11.8 Å². The number of hydrogen-bond acceptors (Lipinski definition) is 7. The summed E-state index contributed by atoms with van der Waals surface area (Å²) in [5, 5.41) is 28.5. The Kier molecular flexibility index (Phi) is 4.51. The van der Waals surface area contributed by atoms with Gasteiger partial charge in [0.25, 0.3) is 0 Å². The van der Waals surface area contributed by atoms with Crippen LogP contribution >= 0.6 is 11.8 Å². The van der Waals surface area contributed by atoms with Crippen LogP contribution in [0, 0.1) is 0 Å². The third-order valence-corrected chi connectivity index (χ3v) is 6.21. The van der Waals surface area contributed by atoms with Gasteiger partial charge in [0.05, 0.1) is 0 Å². The highest BCUT2D eigenvalue weighted by Crippen LogP contribution is 2.45. The lowest BCUT2D eigenvalue weighted by Crippen LogP contribution is -2.33. The predicted molar refractivity (Wildman–Crippen MR) is 114 cm³/mol. The van der Waals surface area contributed by atoms with Crippen molar-refractivity contribution in [2.75, 3.05) is 11.6 Å². The molecule has 2 atom stereocenters. The first-order chi connectivity index (χ1) is 14.5. The first kappa shape index (κ1) is 18.7. The molecule has 0 bridgehead atoms. The van der Waals surface area contributed by atoms with Crippen LogP contribution in [0.15, 0.2) is 65.0 Å². The van der Waals surface area contributed by atoms with Gasteiger partial charge >= 0.3 is 0 Å². The molecular weight excluding hydrogens is 400 g/mol. The molecule has 5 rings (SSSR count). The summed E-state index contributed by atoms with van der Waals surface area (Å²) in [5.74, 6) is 0.863. The van der Waals surface area contributed by atoms with Gasteiger partial charge in [-0.15, -0.1) is 5.10 Å². The number of thioether (sulfide) groups is 1. The van der Waals surface area contributed by atoms with Crippen molar-refractivity contribution in [2.45, 2.75) is 30.0 Å². The van der Waals surface area contributed by atoms with Gasteiger partial charge in [-0.05, 0) is 42.0 Å². The second-order valence-electron chi connectivity index (χ2n) is 7.47. The molecule has 8 heteroatoms. The van der Waals surface area contributed by atoms with Gasteiger partial charge in [0.1, 0.15) is 17.5 Å². The third kappa shape index (κ3) is 3.04. The van der Waals surface area contributed by atoms with Crippen LogP contribution in [0.4, 0.5) is 5.95 Å². The zero-order valence-electron chi connectivity index (χ0n) is 16.2. The van der Waals surface area contributed by atoms with Gasteiger partial charge in [-0.3, -0.25) is 4.79 Å². The molecule has 0 unspecified atom stereocenters. The fourth-order valence-corrected chi connectivity index (χ4v) is 4.64. The van der Waals surface area contributed by atoms with Crippen LogP contribution in [0.3, 0.4) is 0 Å². The van der Waals surface area contributed by atoms with E-state index < -0.39 is 6.04 Å². The Morgan fingerprint density at radius 3 is 2.60 bits per heavy atom. The molecule has 0 spiro atoms. The zero-order valence-corrected chi connectivity index (χ0v) is 17.1.